The van der Waals surface area contributed by atoms with Crippen molar-refractivity contribution in [3.8, 4) is 5.75 Å². The number of hydrogen-bond donors (Lipinski definition) is 1. The molecule has 0 saturated carbocycles. The van der Waals surface area contributed by atoms with E-state index in [0.29, 0.717) is 24.3 Å². The van der Waals surface area contributed by atoms with Crippen molar-refractivity contribution in [2.75, 3.05) is 18.5 Å². The Hall–Kier alpha value is -3.29. The van der Waals surface area contributed by atoms with Gasteiger partial charge in [0, 0.05) is 12.2 Å². The van der Waals surface area contributed by atoms with E-state index in [9.17, 15) is 22.8 Å². The summed E-state index contributed by atoms with van der Waals surface area (Å²) in [6.07, 6.45) is -3.12. The lowest BCUT2D eigenvalue weighted by atomic mass is 10.0. The Morgan fingerprint density at radius 1 is 0.968 bits per heavy atom. The molecule has 0 bridgehead atoms. The number of carbonyl (C=O) groups excluding carboxylic acids is 2. The number of hydrogen-bond acceptors (Lipinski definition) is 4. The molecule has 2 amide bonds. The predicted molar refractivity (Wildman–Crippen MR) is 111 cm³/mol. The quantitative estimate of drug-likeness (QED) is 0.590. The van der Waals surface area contributed by atoms with Crippen molar-refractivity contribution < 1.29 is 27.5 Å². The van der Waals surface area contributed by atoms with Crippen molar-refractivity contribution in [3.63, 3.8) is 0 Å². The third kappa shape index (κ3) is 4.90. The van der Waals surface area contributed by atoms with Gasteiger partial charge in [-0.1, -0.05) is 32.0 Å². The normalized spacial score (nSPS) is 14.4. The number of anilines is 1. The highest BCUT2D eigenvalue weighted by Gasteiger charge is 2.39. The minimum atomic E-state index is -4.52. The molecular weight excluding hydrogens is 409 g/mol. The molecule has 0 fully saturated rings. The van der Waals surface area contributed by atoms with Crippen molar-refractivity contribution in [2.45, 2.75) is 32.9 Å². The first-order valence-electron chi connectivity index (χ1n) is 10.0. The van der Waals surface area contributed by atoms with Gasteiger partial charge in [-0.05, 0) is 48.7 Å². The molecule has 0 aliphatic carbocycles. The summed E-state index contributed by atoms with van der Waals surface area (Å²) < 4.78 is 44.8. The first-order chi connectivity index (χ1) is 14.8. The molecule has 5 nitrogen and oxygen atoms in total. The van der Waals surface area contributed by atoms with E-state index in [1.54, 1.807) is 24.3 Å². The van der Waals surface area contributed by atoms with Crippen molar-refractivity contribution in [1.29, 1.82) is 0 Å². The molecule has 0 atom stereocenters. The number of rotatable bonds is 8. The van der Waals surface area contributed by atoms with Crippen molar-refractivity contribution in [3.05, 3.63) is 65.4 Å². The second kappa shape index (κ2) is 9.24. The fraction of sp³-hybridized carbons (Fsp3) is 0.304. The maximum Gasteiger partial charge on any atom is 0.416 e. The van der Waals surface area contributed by atoms with Gasteiger partial charge in [0.25, 0.3) is 11.8 Å². The molecule has 0 saturated heterocycles. The molecule has 1 aliphatic heterocycles. The Labute approximate surface area is 178 Å². The molecule has 164 valence electrons. The zero-order valence-corrected chi connectivity index (χ0v) is 17.3. The summed E-state index contributed by atoms with van der Waals surface area (Å²) in [5.41, 5.74) is -0.211. The highest BCUT2D eigenvalue weighted by Crippen LogP contribution is 2.34. The van der Waals surface area contributed by atoms with Crippen LogP contribution in [0.5, 0.6) is 5.75 Å². The van der Waals surface area contributed by atoms with E-state index in [2.05, 4.69) is 5.32 Å². The maximum atomic E-state index is 13.1. The molecule has 8 heteroatoms. The average Bonchev–Trinajstić information content (AvgIpc) is 2.97. The monoisotopic (exact) mass is 432 g/mol. The van der Waals surface area contributed by atoms with Gasteiger partial charge < -0.3 is 10.1 Å². The van der Waals surface area contributed by atoms with Gasteiger partial charge in [0.2, 0.25) is 0 Å². The van der Waals surface area contributed by atoms with Gasteiger partial charge in [-0.25, -0.2) is 0 Å². The molecule has 2 aromatic rings. The van der Waals surface area contributed by atoms with Gasteiger partial charge in [-0.3, -0.25) is 14.5 Å². The third-order valence-electron chi connectivity index (χ3n) is 4.69. The number of halogens is 3. The zero-order valence-electron chi connectivity index (χ0n) is 17.3. The summed E-state index contributed by atoms with van der Waals surface area (Å²) in [6.45, 7) is 4.58. The van der Waals surface area contributed by atoms with Gasteiger partial charge >= 0.3 is 6.18 Å². The van der Waals surface area contributed by atoms with Crippen molar-refractivity contribution in [1.82, 2.24) is 4.90 Å². The first kappa shape index (κ1) is 22.4. The summed E-state index contributed by atoms with van der Waals surface area (Å²) in [6, 6.07) is 11.2. The second-order valence-corrected chi connectivity index (χ2v) is 7.09. The minimum absolute atomic E-state index is 0.0417. The topological polar surface area (TPSA) is 58.6 Å². The number of ether oxygens (including phenoxy) is 1. The molecule has 3 rings (SSSR count). The molecule has 0 unspecified atom stereocenters. The van der Waals surface area contributed by atoms with E-state index in [0.717, 1.165) is 23.5 Å². The summed E-state index contributed by atoms with van der Waals surface area (Å²) in [5.74, 6) is -0.421. The van der Waals surface area contributed by atoms with Crippen molar-refractivity contribution in [2.24, 2.45) is 0 Å². The number of carbonyl (C=O) groups is 2. The molecule has 2 aromatic carbocycles. The highest BCUT2D eigenvalue weighted by molar-refractivity contribution is 6.36. The largest absolute Gasteiger partial charge is 0.494 e. The van der Waals surface area contributed by atoms with Gasteiger partial charge in [-0.2, -0.15) is 13.2 Å². The molecule has 31 heavy (non-hydrogen) atoms. The highest BCUT2D eigenvalue weighted by atomic mass is 19.4. The lowest BCUT2D eigenvalue weighted by Crippen LogP contribution is -2.33. The fourth-order valence-electron chi connectivity index (χ4n) is 3.24. The Kier molecular flexibility index (Phi) is 6.68. The van der Waals surface area contributed by atoms with Crippen LogP contribution >= 0.6 is 0 Å². The summed E-state index contributed by atoms with van der Waals surface area (Å²) in [5, 5.41) is 2.76. The van der Waals surface area contributed by atoms with Crippen molar-refractivity contribution >= 4 is 23.1 Å². The maximum absolute atomic E-state index is 13.1. The second-order valence-electron chi connectivity index (χ2n) is 7.09. The standard InChI is InChI=1S/C23H23F3N2O3/c1-3-12-28-21(29)19(15-8-10-18(11-9-15)31-13-4-2)20(22(28)30)27-17-7-5-6-16(14-17)23(24,25)26/h5-11,14,27H,3-4,12-13H2,1-2H3. The third-order valence-corrected chi connectivity index (χ3v) is 4.69. The van der Waals surface area contributed by atoms with Gasteiger partial charge in [0.05, 0.1) is 17.7 Å². The van der Waals surface area contributed by atoms with Crippen LogP contribution in [0.15, 0.2) is 54.2 Å². The van der Waals surface area contributed by atoms with Crippen LogP contribution < -0.4 is 10.1 Å². The Morgan fingerprint density at radius 2 is 1.68 bits per heavy atom. The van der Waals surface area contributed by atoms with Crippen LogP contribution in [0.2, 0.25) is 0 Å². The molecule has 1 aliphatic rings. The number of imide groups is 1. The molecule has 1 N–H and O–H groups in total. The van der Waals surface area contributed by atoms with E-state index in [4.69, 9.17) is 4.74 Å². The fourth-order valence-corrected chi connectivity index (χ4v) is 3.24. The van der Waals surface area contributed by atoms with Crippen LogP contribution in [0.3, 0.4) is 0 Å². The van der Waals surface area contributed by atoms with Crippen LogP contribution in [0.4, 0.5) is 18.9 Å². The van der Waals surface area contributed by atoms with Crippen LogP contribution in [-0.4, -0.2) is 29.9 Å². The van der Waals surface area contributed by atoms with E-state index in [1.807, 2.05) is 13.8 Å². The molecule has 0 radical (unpaired) electrons. The number of benzene rings is 2. The van der Waals surface area contributed by atoms with Gasteiger partial charge in [0.15, 0.2) is 0 Å². The first-order valence-corrected chi connectivity index (χ1v) is 10.0. The predicted octanol–water partition coefficient (Wildman–Crippen LogP) is 5.10. The summed E-state index contributed by atoms with van der Waals surface area (Å²) in [7, 11) is 0. The van der Waals surface area contributed by atoms with Gasteiger partial charge in [-0.15, -0.1) is 0 Å². The smallest absolute Gasteiger partial charge is 0.416 e. The Bertz CT molecular complexity index is 998. The van der Waals surface area contributed by atoms with E-state index < -0.39 is 23.6 Å². The lowest BCUT2D eigenvalue weighted by molar-refractivity contribution is -0.138. The zero-order chi connectivity index (χ0) is 22.6. The Balaban J connectivity index is 2.00. The van der Waals surface area contributed by atoms with Crippen LogP contribution in [0.25, 0.3) is 5.57 Å². The lowest BCUT2D eigenvalue weighted by Gasteiger charge is -2.14. The van der Waals surface area contributed by atoms with E-state index in [-0.39, 0.29) is 23.5 Å². The minimum Gasteiger partial charge on any atom is -0.494 e. The molecular formula is C23H23F3N2O3. The van der Waals surface area contributed by atoms with Crippen LogP contribution in [-0.2, 0) is 15.8 Å². The molecule has 0 aromatic heterocycles. The number of amides is 2. The van der Waals surface area contributed by atoms with E-state index in [1.165, 1.54) is 12.1 Å². The van der Waals surface area contributed by atoms with Gasteiger partial charge in [0.1, 0.15) is 11.4 Å². The van der Waals surface area contributed by atoms with E-state index >= 15 is 0 Å². The number of alkyl halides is 3. The summed E-state index contributed by atoms with van der Waals surface area (Å²) >= 11 is 0. The van der Waals surface area contributed by atoms with Crippen LogP contribution in [0.1, 0.15) is 37.8 Å². The number of nitrogens with zero attached hydrogens (tertiary/aromatic N) is 1. The Morgan fingerprint density at radius 3 is 2.29 bits per heavy atom. The SMILES string of the molecule is CCCOc1ccc(C2=C(Nc3cccc(C(F)(F)F)c3)C(=O)N(CCC)C2=O)cc1. The number of nitrogens with one attached hydrogen (secondary N) is 1. The average molecular weight is 432 g/mol. The molecule has 0 spiro atoms. The summed E-state index contributed by atoms with van der Waals surface area (Å²) in [4.78, 5) is 27.0. The van der Waals surface area contributed by atoms with Crippen LogP contribution in [0, 0.1) is 0 Å². The molecule has 1 heterocycles.